The lowest BCUT2D eigenvalue weighted by molar-refractivity contribution is 0.173. The van der Waals surface area contributed by atoms with Gasteiger partial charge in [-0.2, -0.15) is 4.98 Å². The van der Waals surface area contributed by atoms with Gasteiger partial charge in [-0.15, -0.1) is 0 Å². The van der Waals surface area contributed by atoms with E-state index in [-0.39, 0.29) is 6.10 Å². The quantitative estimate of drug-likeness (QED) is 0.883. The van der Waals surface area contributed by atoms with Gasteiger partial charge in [-0.3, -0.25) is 4.90 Å². The van der Waals surface area contributed by atoms with Gasteiger partial charge in [0.15, 0.2) is 5.82 Å². The lowest BCUT2D eigenvalue weighted by Gasteiger charge is -2.10. The molecule has 0 amide bonds. The fourth-order valence-electron chi connectivity index (χ4n) is 2.17. The van der Waals surface area contributed by atoms with E-state index in [1.165, 1.54) is 0 Å². The average Bonchev–Trinajstić information content (AvgIpc) is 3.01. The standard InChI is InChI=1S/C13H15N3O2/c17-11-6-7-16(8-11)9-12-14-13(18-15-12)10-4-2-1-3-5-10/h1-5,11,17H,6-9H2. The van der Waals surface area contributed by atoms with E-state index < -0.39 is 0 Å². The Balaban J connectivity index is 1.70. The Hall–Kier alpha value is -1.72. The molecule has 0 bridgehead atoms. The van der Waals surface area contributed by atoms with Crippen molar-refractivity contribution in [3.63, 3.8) is 0 Å². The molecule has 2 aromatic rings. The molecule has 5 heteroatoms. The van der Waals surface area contributed by atoms with Gasteiger partial charge >= 0.3 is 0 Å². The van der Waals surface area contributed by atoms with Crippen LogP contribution in [-0.4, -0.2) is 39.3 Å². The van der Waals surface area contributed by atoms with Crippen LogP contribution in [0.1, 0.15) is 12.2 Å². The number of benzene rings is 1. The smallest absolute Gasteiger partial charge is 0.257 e. The predicted molar refractivity (Wildman–Crippen MR) is 65.6 cm³/mol. The number of aliphatic hydroxyl groups is 1. The Morgan fingerprint density at radius 1 is 1.33 bits per heavy atom. The summed E-state index contributed by atoms with van der Waals surface area (Å²) in [6.45, 7) is 2.21. The summed E-state index contributed by atoms with van der Waals surface area (Å²) in [5, 5.41) is 13.4. The molecule has 0 radical (unpaired) electrons. The second-order valence-corrected chi connectivity index (χ2v) is 4.56. The monoisotopic (exact) mass is 245 g/mol. The highest BCUT2D eigenvalue weighted by Gasteiger charge is 2.21. The lowest BCUT2D eigenvalue weighted by Crippen LogP contribution is -2.22. The highest BCUT2D eigenvalue weighted by molar-refractivity contribution is 5.51. The topological polar surface area (TPSA) is 62.4 Å². The summed E-state index contributed by atoms with van der Waals surface area (Å²) >= 11 is 0. The number of aromatic nitrogens is 2. The number of likely N-dealkylation sites (tertiary alicyclic amines) is 1. The summed E-state index contributed by atoms with van der Waals surface area (Å²) in [4.78, 5) is 6.50. The van der Waals surface area contributed by atoms with Gasteiger partial charge < -0.3 is 9.63 Å². The molecular weight excluding hydrogens is 230 g/mol. The first kappa shape index (κ1) is 11.4. The van der Waals surface area contributed by atoms with Crippen molar-refractivity contribution in [2.45, 2.75) is 19.1 Å². The van der Waals surface area contributed by atoms with Crippen LogP contribution < -0.4 is 0 Å². The first-order chi connectivity index (χ1) is 8.81. The Morgan fingerprint density at radius 3 is 2.89 bits per heavy atom. The molecule has 5 nitrogen and oxygen atoms in total. The number of aliphatic hydroxyl groups excluding tert-OH is 1. The van der Waals surface area contributed by atoms with Crippen LogP contribution in [0.2, 0.25) is 0 Å². The number of nitrogens with zero attached hydrogens (tertiary/aromatic N) is 3. The summed E-state index contributed by atoms with van der Waals surface area (Å²) < 4.78 is 5.24. The van der Waals surface area contributed by atoms with Crippen molar-refractivity contribution in [3.8, 4) is 11.5 Å². The maximum Gasteiger partial charge on any atom is 0.257 e. The normalized spacial score (nSPS) is 20.4. The molecule has 3 rings (SSSR count). The molecule has 1 aromatic heterocycles. The molecule has 0 saturated carbocycles. The van der Waals surface area contributed by atoms with E-state index in [2.05, 4.69) is 15.0 Å². The third-order valence-corrected chi connectivity index (χ3v) is 3.10. The van der Waals surface area contributed by atoms with Crippen LogP contribution in [0, 0.1) is 0 Å². The van der Waals surface area contributed by atoms with E-state index in [1.807, 2.05) is 30.3 Å². The lowest BCUT2D eigenvalue weighted by atomic mass is 10.2. The van der Waals surface area contributed by atoms with Crippen LogP contribution in [-0.2, 0) is 6.54 Å². The van der Waals surface area contributed by atoms with Gasteiger partial charge in [0.2, 0.25) is 0 Å². The highest BCUT2D eigenvalue weighted by Crippen LogP contribution is 2.17. The number of hydrogen-bond acceptors (Lipinski definition) is 5. The number of hydrogen-bond donors (Lipinski definition) is 1. The van der Waals surface area contributed by atoms with Gasteiger partial charge in [0.05, 0.1) is 12.6 Å². The molecule has 94 valence electrons. The molecule has 1 unspecified atom stereocenters. The van der Waals surface area contributed by atoms with Gasteiger partial charge in [0.25, 0.3) is 5.89 Å². The number of β-amino-alcohol motifs (C(OH)–C–C–N with tert-alkyl or cyclic N) is 1. The summed E-state index contributed by atoms with van der Waals surface area (Å²) in [7, 11) is 0. The second-order valence-electron chi connectivity index (χ2n) is 4.56. The summed E-state index contributed by atoms with van der Waals surface area (Å²) in [5.74, 6) is 1.22. The fraction of sp³-hybridized carbons (Fsp3) is 0.385. The first-order valence-electron chi connectivity index (χ1n) is 6.10. The zero-order valence-corrected chi connectivity index (χ0v) is 9.99. The summed E-state index contributed by atoms with van der Waals surface area (Å²) in [6.07, 6.45) is 0.606. The zero-order valence-electron chi connectivity index (χ0n) is 9.99. The van der Waals surface area contributed by atoms with Crippen molar-refractivity contribution in [2.24, 2.45) is 0 Å². The molecular formula is C13H15N3O2. The van der Waals surface area contributed by atoms with Crippen molar-refractivity contribution in [1.82, 2.24) is 15.0 Å². The van der Waals surface area contributed by atoms with Gasteiger partial charge in [-0.25, -0.2) is 0 Å². The molecule has 1 aliphatic heterocycles. The molecule has 1 N–H and O–H groups in total. The van der Waals surface area contributed by atoms with Crippen LogP contribution >= 0.6 is 0 Å². The van der Waals surface area contributed by atoms with Crippen LogP contribution in [0.3, 0.4) is 0 Å². The molecule has 1 atom stereocenters. The van der Waals surface area contributed by atoms with Crippen molar-refractivity contribution in [3.05, 3.63) is 36.2 Å². The predicted octanol–water partition coefficient (Wildman–Crippen LogP) is 1.30. The highest BCUT2D eigenvalue weighted by atomic mass is 16.5. The molecule has 2 heterocycles. The zero-order chi connectivity index (χ0) is 12.4. The Labute approximate surface area is 105 Å². The van der Waals surface area contributed by atoms with Crippen LogP contribution in [0.4, 0.5) is 0 Å². The molecule has 0 spiro atoms. The minimum atomic E-state index is -0.217. The minimum absolute atomic E-state index is 0.217. The van der Waals surface area contributed by atoms with E-state index in [0.29, 0.717) is 24.8 Å². The largest absolute Gasteiger partial charge is 0.392 e. The molecule has 1 fully saturated rings. The second kappa shape index (κ2) is 4.88. The average molecular weight is 245 g/mol. The van der Waals surface area contributed by atoms with Crippen LogP contribution in [0.15, 0.2) is 34.9 Å². The minimum Gasteiger partial charge on any atom is -0.392 e. The SMILES string of the molecule is OC1CCN(Cc2noc(-c3ccccc3)n2)C1. The van der Waals surface area contributed by atoms with Crippen molar-refractivity contribution in [2.75, 3.05) is 13.1 Å². The van der Waals surface area contributed by atoms with E-state index in [0.717, 1.165) is 18.5 Å². The van der Waals surface area contributed by atoms with E-state index in [4.69, 9.17) is 4.52 Å². The molecule has 1 aromatic carbocycles. The van der Waals surface area contributed by atoms with Crippen molar-refractivity contribution in [1.29, 1.82) is 0 Å². The van der Waals surface area contributed by atoms with Gasteiger partial charge in [-0.05, 0) is 18.6 Å². The number of rotatable bonds is 3. The third-order valence-electron chi connectivity index (χ3n) is 3.10. The van der Waals surface area contributed by atoms with Crippen molar-refractivity contribution < 1.29 is 9.63 Å². The molecule has 0 aliphatic carbocycles. The fourth-order valence-corrected chi connectivity index (χ4v) is 2.17. The van der Waals surface area contributed by atoms with E-state index in [1.54, 1.807) is 0 Å². The van der Waals surface area contributed by atoms with E-state index in [9.17, 15) is 5.11 Å². The van der Waals surface area contributed by atoms with Gasteiger partial charge in [-0.1, -0.05) is 23.4 Å². The molecule has 18 heavy (non-hydrogen) atoms. The molecule has 1 saturated heterocycles. The Morgan fingerprint density at radius 2 is 2.17 bits per heavy atom. The van der Waals surface area contributed by atoms with E-state index >= 15 is 0 Å². The summed E-state index contributed by atoms with van der Waals surface area (Å²) in [6, 6.07) is 9.71. The maximum absolute atomic E-state index is 9.45. The Kier molecular flexibility index (Phi) is 3.08. The third kappa shape index (κ3) is 2.42. The maximum atomic E-state index is 9.45. The molecule has 1 aliphatic rings. The van der Waals surface area contributed by atoms with Gasteiger partial charge in [0.1, 0.15) is 0 Å². The van der Waals surface area contributed by atoms with Gasteiger partial charge in [0, 0.05) is 18.7 Å². The summed E-state index contributed by atoms with van der Waals surface area (Å²) in [5.41, 5.74) is 0.928. The van der Waals surface area contributed by atoms with Crippen LogP contribution in [0.25, 0.3) is 11.5 Å². The van der Waals surface area contributed by atoms with Crippen molar-refractivity contribution >= 4 is 0 Å². The van der Waals surface area contributed by atoms with Crippen LogP contribution in [0.5, 0.6) is 0 Å². The Bertz CT molecular complexity index is 512. The first-order valence-corrected chi connectivity index (χ1v) is 6.10.